The van der Waals surface area contributed by atoms with Crippen LogP contribution >= 0.6 is 0 Å². The summed E-state index contributed by atoms with van der Waals surface area (Å²) in [5, 5.41) is 34.3. The first kappa shape index (κ1) is 30.7. The Morgan fingerprint density at radius 3 is 1.88 bits per heavy atom. The lowest BCUT2D eigenvalue weighted by molar-refractivity contribution is -0.146. The van der Waals surface area contributed by atoms with Gasteiger partial charge in [0.05, 0.1) is 18.6 Å². The SMILES string of the molecule is CC(O)C(NC(=O)C(CC(=O)O)NC(=O)C(CCCCN)NC(=O)C(N)CCC(N)=O)C(=O)O. The van der Waals surface area contributed by atoms with Crippen LogP contribution in [0.25, 0.3) is 0 Å². The number of primary amides is 1. The van der Waals surface area contributed by atoms with Crippen LogP contribution in [-0.2, 0) is 28.8 Å². The van der Waals surface area contributed by atoms with Gasteiger partial charge in [-0.05, 0) is 39.2 Å². The first-order valence-electron chi connectivity index (χ1n) is 10.6. The first-order valence-corrected chi connectivity index (χ1v) is 10.6. The van der Waals surface area contributed by atoms with Gasteiger partial charge in [0.1, 0.15) is 12.1 Å². The van der Waals surface area contributed by atoms with E-state index in [1.807, 2.05) is 5.32 Å². The van der Waals surface area contributed by atoms with Crippen LogP contribution in [0.3, 0.4) is 0 Å². The summed E-state index contributed by atoms with van der Waals surface area (Å²) in [6.45, 7) is 1.41. The average Bonchev–Trinajstić information content (AvgIpc) is 2.73. The highest BCUT2D eigenvalue weighted by atomic mass is 16.4. The molecule has 0 rings (SSSR count). The third-order valence-electron chi connectivity index (χ3n) is 4.68. The molecular formula is C19H34N6O9. The number of hydrogen-bond donors (Lipinski definition) is 9. The van der Waals surface area contributed by atoms with E-state index in [4.69, 9.17) is 27.4 Å². The van der Waals surface area contributed by atoms with E-state index < -0.39 is 72.3 Å². The molecule has 0 aromatic heterocycles. The Hall–Kier alpha value is -3.30. The van der Waals surface area contributed by atoms with Gasteiger partial charge in [-0.3, -0.25) is 24.0 Å². The van der Waals surface area contributed by atoms with E-state index >= 15 is 0 Å². The summed E-state index contributed by atoms with van der Waals surface area (Å²) < 4.78 is 0. The number of amides is 4. The summed E-state index contributed by atoms with van der Waals surface area (Å²) in [4.78, 5) is 70.9. The van der Waals surface area contributed by atoms with Crippen LogP contribution in [-0.4, -0.2) is 87.7 Å². The molecule has 194 valence electrons. The molecule has 5 unspecified atom stereocenters. The van der Waals surface area contributed by atoms with Crippen molar-refractivity contribution in [1.82, 2.24) is 16.0 Å². The number of aliphatic hydroxyl groups excluding tert-OH is 1. The van der Waals surface area contributed by atoms with Crippen LogP contribution in [0, 0.1) is 0 Å². The highest BCUT2D eigenvalue weighted by Gasteiger charge is 2.32. The molecule has 0 bridgehead atoms. The first-order chi connectivity index (χ1) is 15.8. The quantitative estimate of drug-likeness (QED) is 0.0888. The maximum Gasteiger partial charge on any atom is 0.328 e. The lowest BCUT2D eigenvalue weighted by atomic mass is 10.1. The summed E-state index contributed by atoms with van der Waals surface area (Å²) in [6.07, 6.45) is -1.67. The van der Waals surface area contributed by atoms with Crippen molar-refractivity contribution in [3.63, 3.8) is 0 Å². The Balaban J connectivity index is 5.50. The van der Waals surface area contributed by atoms with Gasteiger partial charge in [-0.1, -0.05) is 0 Å². The van der Waals surface area contributed by atoms with Gasteiger partial charge >= 0.3 is 11.9 Å². The topological polar surface area (TPSA) is 277 Å². The Morgan fingerprint density at radius 2 is 1.41 bits per heavy atom. The highest BCUT2D eigenvalue weighted by molar-refractivity contribution is 5.95. The van der Waals surface area contributed by atoms with Crippen LogP contribution < -0.4 is 33.2 Å². The van der Waals surface area contributed by atoms with Crippen molar-refractivity contribution in [2.75, 3.05) is 6.54 Å². The molecule has 0 fully saturated rings. The highest BCUT2D eigenvalue weighted by Crippen LogP contribution is 2.05. The van der Waals surface area contributed by atoms with E-state index in [1.165, 1.54) is 0 Å². The van der Waals surface area contributed by atoms with Crippen molar-refractivity contribution in [2.24, 2.45) is 17.2 Å². The van der Waals surface area contributed by atoms with Crippen molar-refractivity contribution < 1.29 is 44.1 Å². The second-order valence-corrected chi connectivity index (χ2v) is 7.68. The molecule has 0 aliphatic heterocycles. The lowest BCUT2D eigenvalue weighted by Gasteiger charge is -2.25. The maximum atomic E-state index is 12.8. The minimum Gasteiger partial charge on any atom is -0.481 e. The zero-order valence-electron chi connectivity index (χ0n) is 18.9. The molecule has 0 aromatic rings. The van der Waals surface area contributed by atoms with E-state index in [9.17, 15) is 33.9 Å². The number of unbranched alkanes of at least 4 members (excludes halogenated alkanes) is 1. The molecule has 15 heteroatoms. The number of aliphatic hydroxyl groups is 1. The number of hydrogen-bond acceptors (Lipinski definition) is 9. The third-order valence-corrected chi connectivity index (χ3v) is 4.68. The minimum absolute atomic E-state index is 0.0712. The maximum absolute atomic E-state index is 12.8. The largest absolute Gasteiger partial charge is 0.481 e. The molecule has 0 heterocycles. The Labute approximate surface area is 195 Å². The molecule has 0 radical (unpaired) electrons. The van der Waals surface area contributed by atoms with E-state index in [1.54, 1.807) is 0 Å². The Bertz CT molecular complexity index is 746. The predicted molar refractivity (Wildman–Crippen MR) is 117 cm³/mol. The second kappa shape index (κ2) is 15.5. The zero-order valence-corrected chi connectivity index (χ0v) is 18.9. The van der Waals surface area contributed by atoms with Crippen molar-refractivity contribution in [1.29, 1.82) is 0 Å². The van der Waals surface area contributed by atoms with Gasteiger partial charge in [-0.25, -0.2) is 4.79 Å². The monoisotopic (exact) mass is 490 g/mol. The van der Waals surface area contributed by atoms with E-state index in [2.05, 4.69) is 10.6 Å². The summed E-state index contributed by atoms with van der Waals surface area (Å²) in [6, 6.07) is -5.83. The fourth-order valence-electron chi connectivity index (χ4n) is 2.77. The van der Waals surface area contributed by atoms with Crippen LogP contribution in [0.2, 0.25) is 0 Å². The standard InChI is InChI=1S/C19H34N6O9/c1-9(26)15(19(33)34)25-18(32)12(8-14(28)29)24-17(31)11(4-2-3-7-20)23-16(30)10(21)5-6-13(22)27/h9-12,15,26H,2-8,20-21H2,1H3,(H2,22,27)(H,23,30)(H,24,31)(H,25,32)(H,28,29)(H,33,34). The van der Waals surface area contributed by atoms with Crippen LogP contribution in [0.15, 0.2) is 0 Å². The molecule has 0 aliphatic carbocycles. The molecule has 0 spiro atoms. The molecule has 0 aliphatic rings. The van der Waals surface area contributed by atoms with Crippen molar-refractivity contribution in [2.45, 2.75) is 75.7 Å². The number of carboxylic acid groups (broad SMARTS) is 2. The third kappa shape index (κ3) is 12.1. The van der Waals surface area contributed by atoms with Crippen LogP contribution in [0.4, 0.5) is 0 Å². The van der Waals surface area contributed by atoms with Crippen molar-refractivity contribution >= 4 is 35.6 Å². The van der Waals surface area contributed by atoms with Gasteiger partial charge in [0.2, 0.25) is 23.6 Å². The molecule has 0 saturated carbocycles. The molecule has 12 N–H and O–H groups in total. The van der Waals surface area contributed by atoms with Crippen LogP contribution in [0.5, 0.6) is 0 Å². The van der Waals surface area contributed by atoms with E-state index in [0.29, 0.717) is 19.4 Å². The summed E-state index contributed by atoms with van der Waals surface area (Å²) in [5.74, 6) is -6.55. The molecule has 5 atom stereocenters. The lowest BCUT2D eigenvalue weighted by Crippen LogP contribution is -2.58. The molecule has 34 heavy (non-hydrogen) atoms. The normalized spacial score (nSPS) is 15.2. The molecule has 4 amide bonds. The number of rotatable bonds is 17. The van der Waals surface area contributed by atoms with Gasteiger partial charge < -0.3 is 48.5 Å². The van der Waals surface area contributed by atoms with Crippen LogP contribution in [0.1, 0.15) is 45.4 Å². The molecule has 0 aromatic carbocycles. The number of carbonyl (C=O) groups excluding carboxylic acids is 4. The minimum atomic E-state index is -1.75. The van der Waals surface area contributed by atoms with E-state index in [-0.39, 0.29) is 19.3 Å². The van der Waals surface area contributed by atoms with Gasteiger partial charge in [-0.2, -0.15) is 0 Å². The predicted octanol–water partition coefficient (Wildman–Crippen LogP) is -3.90. The Kier molecular flexibility index (Phi) is 14.0. The number of carbonyl (C=O) groups is 6. The molecule has 15 nitrogen and oxygen atoms in total. The zero-order chi connectivity index (χ0) is 26.4. The summed E-state index contributed by atoms with van der Waals surface area (Å²) in [7, 11) is 0. The fourth-order valence-corrected chi connectivity index (χ4v) is 2.77. The fraction of sp³-hybridized carbons (Fsp3) is 0.684. The smallest absolute Gasteiger partial charge is 0.328 e. The number of aliphatic carboxylic acids is 2. The number of carboxylic acids is 2. The average molecular weight is 491 g/mol. The van der Waals surface area contributed by atoms with Gasteiger partial charge in [-0.15, -0.1) is 0 Å². The molecular weight excluding hydrogens is 456 g/mol. The number of nitrogens with two attached hydrogens (primary N) is 3. The summed E-state index contributed by atoms with van der Waals surface area (Å²) in [5.41, 5.74) is 16.2. The van der Waals surface area contributed by atoms with E-state index in [0.717, 1.165) is 6.92 Å². The van der Waals surface area contributed by atoms with Gasteiger partial charge in [0, 0.05) is 6.42 Å². The molecule has 0 saturated heterocycles. The van der Waals surface area contributed by atoms with Gasteiger partial charge in [0.25, 0.3) is 0 Å². The summed E-state index contributed by atoms with van der Waals surface area (Å²) >= 11 is 0. The van der Waals surface area contributed by atoms with Crippen molar-refractivity contribution in [3.8, 4) is 0 Å². The van der Waals surface area contributed by atoms with Gasteiger partial charge in [0.15, 0.2) is 6.04 Å². The second-order valence-electron chi connectivity index (χ2n) is 7.68. The number of nitrogens with one attached hydrogen (secondary N) is 3. The Morgan fingerprint density at radius 1 is 0.853 bits per heavy atom. The van der Waals surface area contributed by atoms with Crippen molar-refractivity contribution in [3.05, 3.63) is 0 Å².